The van der Waals surface area contributed by atoms with Crippen LogP contribution in [0.3, 0.4) is 0 Å². The zero-order chi connectivity index (χ0) is 19.5. The Morgan fingerprint density at radius 1 is 1.11 bits per heavy atom. The van der Waals surface area contributed by atoms with E-state index in [4.69, 9.17) is 0 Å². The fraction of sp³-hybridized carbons (Fsp3) is 0.500. The molecule has 6 heteroatoms. The van der Waals surface area contributed by atoms with E-state index in [1.165, 1.54) is 12.0 Å². The molecular formula is C22H28N4O2. The number of nitrogens with zero attached hydrogens (tertiary/aromatic N) is 3. The highest BCUT2D eigenvalue weighted by molar-refractivity contribution is 5.98. The smallest absolute Gasteiger partial charge is 0.272 e. The van der Waals surface area contributed by atoms with Crippen molar-refractivity contribution in [1.29, 1.82) is 0 Å². The Morgan fingerprint density at radius 2 is 1.86 bits per heavy atom. The summed E-state index contributed by atoms with van der Waals surface area (Å²) in [6.45, 7) is 3.98. The highest BCUT2D eigenvalue weighted by Crippen LogP contribution is 2.19. The first-order chi connectivity index (χ1) is 13.6. The van der Waals surface area contributed by atoms with E-state index in [0.717, 1.165) is 37.7 Å². The number of hydrogen-bond acceptors (Lipinski definition) is 3. The van der Waals surface area contributed by atoms with Gasteiger partial charge in [0.25, 0.3) is 11.8 Å². The van der Waals surface area contributed by atoms with Crippen molar-refractivity contribution in [2.75, 3.05) is 6.54 Å². The maximum absolute atomic E-state index is 13.1. The van der Waals surface area contributed by atoms with Gasteiger partial charge in [0.15, 0.2) is 5.69 Å². The standard InChI is InChI=1S/C22H28N4O2/c1-16-8-10-17(11-9-16)15-25-12-5-13-26-20(22(25)28)14-19(24-26)21(27)23-18-6-3-2-4-7-18/h8-11,14,18H,2-7,12-13,15H2,1H3,(H,23,27). The van der Waals surface area contributed by atoms with Gasteiger partial charge in [-0.05, 0) is 31.7 Å². The van der Waals surface area contributed by atoms with Crippen LogP contribution < -0.4 is 5.32 Å². The van der Waals surface area contributed by atoms with Crippen molar-refractivity contribution in [3.63, 3.8) is 0 Å². The number of benzene rings is 1. The summed E-state index contributed by atoms with van der Waals surface area (Å²) >= 11 is 0. The first-order valence-corrected chi connectivity index (χ1v) is 10.3. The highest BCUT2D eigenvalue weighted by Gasteiger charge is 2.27. The quantitative estimate of drug-likeness (QED) is 0.885. The lowest BCUT2D eigenvalue weighted by Gasteiger charge is -2.22. The number of aryl methyl sites for hydroxylation is 2. The molecule has 1 aliphatic heterocycles. The number of hydrogen-bond donors (Lipinski definition) is 1. The van der Waals surface area contributed by atoms with Gasteiger partial charge in [-0.1, -0.05) is 49.1 Å². The number of carbonyl (C=O) groups excluding carboxylic acids is 2. The summed E-state index contributed by atoms with van der Waals surface area (Å²) in [5, 5.41) is 7.53. The Kier molecular flexibility index (Phi) is 5.46. The summed E-state index contributed by atoms with van der Waals surface area (Å²) in [5.74, 6) is -0.215. The first kappa shape index (κ1) is 18.7. The van der Waals surface area contributed by atoms with Crippen molar-refractivity contribution in [2.45, 2.75) is 64.6 Å². The van der Waals surface area contributed by atoms with Crippen molar-refractivity contribution < 1.29 is 9.59 Å². The summed E-state index contributed by atoms with van der Waals surface area (Å²) in [5.41, 5.74) is 3.18. The molecule has 0 spiro atoms. The number of rotatable bonds is 4. The highest BCUT2D eigenvalue weighted by atomic mass is 16.2. The average molecular weight is 380 g/mol. The number of nitrogens with one attached hydrogen (secondary N) is 1. The van der Waals surface area contributed by atoms with E-state index in [1.54, 1.807) is 10.7 Å². The molecule has 2 amide bonds. The lowest BCUT2D eigenvalue weighted by molar-refractivity contribution is 0.0745. The Morgan fingerprint density at radius 3 is 2.61 bits per heavy atom. The second-order valence-corrected chi connectivity index (χ2v) is 8.01. The van der Waals surface area contributed by atoms with E-state index in [0.29, 0.717) is 31.0 Å². The molecule has 6 nitrogen and oxygen atoms in total. The molecule has 0 atom stereocenters. The monoisotopic (exact) mass is 380 g/mol. The van der Waals surface area contributed by atoms with Gasteiger partial charge in [-0.2, -0.15) is 5.10 Å². The average Bonchev–Trinajstić information content (AvgIpc) is 3.08. The van der Waals surface area contributed by atoms with Gasteiger partial charge in [-0.25, -0.2) is 0 Å². The minimum Gasteiger partial charge on any atom is -0.348 e. The molecule has 1 aromatic heterocycles. The third-order valence-electron chi connectivity index (χ3n) is 5.75. The van der Waals surface area contributed by atoms with Crippen molar-refractivity contribution in [3.8, 4) is 0 Å². The van der Waals surface area contributed by atoms with E-state index < -0.39 is 0 Å². The molecule has 28 heavy (non-hydrogen) atoms. The molecule has 0 saturated heterocycles. The van der Waals surface area contributed by atoms with Crippen LogP contribution in [0.1, 0.15) is 70.6 Å². The second kappa shape index (κ2) is 8.17. The molecule has 4 rings (SSSR count). The number of carbonyl (C=O) groups is 2. The van der Waals surface area contributed by atoms with Gasteiger partial charge in [0.2, 0.25) is 0 Å². The molecular weight excluding hydrogens is 352 g/mol. The van der Waals surface area contributed by atoms with Crippen LogP contribution in [-0.4, -0.2) is 39.1 Å². The third kappa shape index (κ3) is 4.11. The third-order valence-corrected chi connectivity index (χ3v) is 5.75. The molecule has 1 fully saturated rings. The van der Waals surface area contributed by atoms with Crippen molar-refractivity contribution in [1.82, 2.24) is 20.0 Å². The van der Waals surface area contributed by atoms with Crippen LogP contribution in [0.15, 0.2) is 30.3 Å². The summed E-state index contributed by atoms with van der Waals surface area (Å²) in [4.78, 5) is 27.5. The topological polar surface area (TPSA) is 67.2 Å². The number of fused-ring (bicyclic) bond motifs is 1. The molecule has 1 aromatic carbocycles. The minimum absolute atomic E-state index is 0.0534. The lowest BCUT2D eigenvalue weighted by Crippen LogP contribution is -2.36. The van der Waals surface area contributed by atoms with Gasteiger partial charge in [-0.3, -0.25) is 14.3 Å². The summed E-state index contributed by atoms with van der Waals surface area (Å²) in [6, 6.07) is 10.2. The molecule has 0 unspecified atom stereocenters. The normalized spacial score (nSPS) is 17.9. The van der Waals surface area contributed by atoms with Crippen molar-refractivity contribution in [3.05, 3.63) is 52.8 Å². The Labute approximate surface area is 165 Å². The molecule has 0 radical (unpaired) electrons. The fourth-order valence-electron chi connectivity index (χ4n) is 4.12. The van der Waals surface area contributed by atoms with E-state index in [1.807, 2.05) is 4.90 Å². The summed E-state index contributed by atoms with van der Waals surface area (Å²) < 4.78 is 1.70. The van der Waals surface area contributed by atoms with Crippen LogP contribution in [0.5, 0.6) is 0 Å². The minimum atomic E-state index is -0.162. The van der Waals surface area contributed by atoms with Crippen LogP contribution in [0.4, 0.5) is 0 Å². The van der Waals surface area contributed by atoms with E-state index >= 15 is 0 Å². The van der Waals surface area contributed by atoms with Crippen molar-refractivity contribution in [2.24, 2.45) is 0 Å². The first-order valence-electron chi connectivity index (χ1n) is 10.3. The van der Waals surface area contributed by atoms with Crippen LogP contribution in [0.2, 0.25) is 0 Å². The molecule has 1 saturated carbocycles. The molecule has 0 bridgehead atoms. The van der Waals surface area contributed by atoms with Crippen molar-refractivity contribution >= 4 is 11.8 Å². The van der Waals surface area contributed by atoms with Gasteiger partial charge >= 0.3 is 0 Å². The van der Waals surface area contributed by atoms with E-state index in [9.17, 15) is 9.59 Å². The Hall–Kier alpha value is -2.63. The van der Waals surface area contributed by atoms with E-state index in [-0.39, 0.29) is 17.9 Å². The molecule has 2 aliphatic rings. The molecule has 2 aromatic rings. The van der Waals surface area contributed by atoms with Gasteiger partial charge in [-0.15, -0.1) is 0 Å². The van der Waals surface area contributed by atoms with Crippen LogP contribution in [0.25, 0.3) is 0 Å². The predicted molar refractivity (Wildman–Crippen MR) is 107 cm³/mol. The number of aromatic nitrogens is 2. The molecule has 148 valence electrons. The van der Waals surface area contributed by atoms with Gasteiger partial charge in [0.1, 0.15) is 5.69 Å². The SMILES string of the molecule is Cc1ccc(CN2CCCn3nc(C(=O)NC4CCCCC4)cc3C2=O)cc1. The Bertz CT molecular complexity index is 850. The van der Waals surface area contributed by atoms with Crippen LogP contribution in [-0.2, 0) is 13.1 Å². The predicted octanol–water partition coefficient (Wildman–Crippen LogP) is 3.30. The van der Waals surface area contributed by atoms with Gasteiger partial charge in [0, 0.05) is 31.7 Å². The van der Waals surface area contributed by atoms with Gasteiger partial charge < -0.3 is 10.2 Å². The van der Waals surface area contributed by atoms with Crippen LogP contribution in [0, 0.1) is 6.92 Å². The summed E-state index contributed by atoms with van der Waals surface area (Å²) in [7, 11) is 0. The zero-order valence-electron chi connectivity index (χ0n) is 16.5. The second-order valence-electron chi connectivity index (χ2n) is 8.01. The fourth-order valence-corrected chi connectivity index (χ4v) is 4.12. The largest absolute Gasteiger partial charge is 0.348 e. The molecule has 1 aliphatic carbocycles. The zero-order valence-corrected chi connectivity index (χ0v) is 16.5. The van der Waals surface area contributed by atoms with Crippen LogP contribution >= 0.6 is 0 Å². The van der Waals surface area contributed by atoms with E-state index in [2.05, 4.69) is 41.6 Å². The number of amides is 2. The molecule has 2 heterocycles. The Balaban J connectivity index is 1.48. The summed E-state index contributed by atoms with van der Waals surface area (Å²) in [6.07, 6.45) is 6.46. The maximum atomic E-state index is 13.1. The lowest BCUT2D eigenvalue weighted by atomic mass is 9.95. The van der Waals surface area contributed by atoms with Gasteiger partial charge in [0.05, 0.1) is 0 Å². The molecule has 1 N–H and O–H groups in total. The maximum Gasteiger partial charge on any atom is 0.272 e.